The predicted octanol–water partition coefficient (Wildman–Crippen LogP) is 8.79. The van der Waals surface area contributed by atoms with E-state index in [1.807, 2.05) is 38.1 Å². The molecule has 1 aliphatic rings. The number of hydrogen-bond donors (Lipinski definition) is 0. The first-order valence-electron chi connectivity index (χ1n) is 15.0. The molecule has 0 fully saturated rings. The Kier molecular flexibility index (Phi) is 7.69. The van der Waals surface area contributed by atoms with Crippen LogP contribution in [0.3, 0.4) is 0 Å². The first-order valence-corrected chi connectivity index (χ1v) is 15.0. The highest BCUT2D eigenvalue weighted by molar-refractivity contribution is 6.09. The van der Waals surface area contributed by atoms with E-state index in [-0.39, 0.29) is 18.0 Å². The number of hydrogen-bond acceptors (Lipinski definition) is 3. The minimum absolute atomic E-state index is 0.00299. The van der Waals surface area contributed by atoms with Gasteiger partial charge in [-0.05, 0) is 68.7 Å². The molecule has 0 bridgehead atoms. The Bertz CT molecular complexity index is 1630. The number of carbonyl (C=O) groups is 1. The van der Waals surface area contributed by atoms with Gasteiger partial charge in [0.25, 0.3) is 5.91 Å². The van der Waals surface area contributed by atoms with E-state index in [2.05, 4.69) is 83.1 Å². The molecule has 4 aromatic carbocycles. The number of nitrogens with zero attached hydrogens (tertiary/aromatic N) is 2. The Balaban J connectivity index is 1.49. The molecule has 1 aliphatic heterocycles. The van der Waals surface area contributed by atoms with Gasteiger partial charge in [-0.2, -0.15) is 0 Å². The summed E-state index contributed by atoms with van der Waals surface area (Å²) in [7, 11) is 0. The number of ether oxygens (including phenoxy) is 2. The molecule has 0 N–H and O–H groups in total. The van der Waals surface area contributed by atoms with Crippen LogP contribution in [0.5, 0.6) is 11.5 Å². The van der Waals surface area contributed by atoms with Crippen molar-refractivity contribution in [3.8, 4) is 11.5 Å². The van der Waals surface area contributed by atoms with Crippen LogP contribution in [0.15, 0.2) is 91.0 Å². The summed E-state index contributed by atoms with van der Waals surface area (Å²) in [5.41, 5.74) is 5.24. The molecule has 2 unspecified atom stereocenters. The molecule has 0 saturated heterocycles. The Morgan fingerprint density at radius 1 is 0.780 bits per heavy atom. The van der Waals surface area contributed by atoms with Gasteiger partial charge in [0.2, 0.25) is 0 Å². The molecule has 1 aromatic heterocycles. The van der Waals surface area contributed by atoms with Gasteiger partial charge in [-0.25, -0.2) is 0 Å². The fraction of sp³-hybridized carbons (Fsp3) is 0.306. The number of aromatic nitrogens is 1. The monoisotopic (exact) mass is 546 g/mol. The number of unbranched alkanes of at least 4 members (excludes halogenated alkanes) is 1. The molecule has 5 aromatic rings. The third-order valence-electron chi connectivity index (χ3n) is 8.24. The van der Waals surface area contributed by atoms with Gasteiger partial charge in [0, 0.05) is 39.1 Å². The molecule has 41 heavy (non-hydrogen) atoms. The van der Waals surface area contributed by atoms with Crippen molar-refractivity contribution in [3.05, 3.63) is 102 Å². The number of anilines is 1. The molecule has 2 atom stereocenters. The summed E-state index contributed by atoms with van der Waals surface area (Å²) in [6.07, 6.45) is 3.93. The molecule has 2 heterocycles. The summed E-state index contributed by atoms with van der Waals surface area (Å²) in [6, 6.07) is 31.6. The molecular weight excluding hydrogens is 508 g/mol. The maximum Gasteiger partial charge on any atom is 0.258 e. The fourth-order valence-corrected chi connectivity index (χ4v) is 6.49. The Morgan fingerprint density at radius 2 is 1.41 bits per heavy atom. The summed E-state index contributed by atoms with van der Waals surface area (Å²) in [6.45, 7) is 7.15. The van der Waals surface area contributed by atoms with Gasteiger partial charge in [-0.15, -0.1) is 0 Å². The largest absolute Gasteiger partial charge is 0.490 e. The maximum atomic E-state index is 14.4. The SMILES string of the molecule is CCCCC1CC(n2c3ccccc3c3ccccc32)c2ccccc2N1C(=O)c1ccc(OCC)c(OCC)c1. The third kappa shape index (κ3) is 4.84. The topological polar surface area (TPSA) is 43.7 Å². The van der Waals surface area contributed by atoms with E-state index in [1.165, 1.54) is 27.4 Å². The number of amides is 1. The summed E-state index contributed by atoms with van der Waals surface area (Å²) in [5.74, 6) is 1.28. The van der Waals surface area contributed by atoms with E-state index in [1.54, 1.807) is 0 Å². The summed E-state index contributed by atoms with van der Waals surface area (Å²) >= 11 is 0. The van der Waals surface area contributed by atoms with Crippen molar-refractivity contribution in [1.82, 2.24) is 4.57 Å². The standard InChI is InChI=1S/C36H38N2O3/c1-4-7-14-26-24-33(38-30-18-11-8-15-27(30)28-16-9-12-19-31(28)38)29-17-10-13-20-32(29)37(26)36(39)25-21-22-34(40-5-2)35(23-25)41-6-3/h8-13,15-23,26,33H,4-7,14,24H2,1-3H3. The first-order chi connectivity index (χ1) is 20.2. The van der Waals surface area contributed by atoms with Gasteiger partial charge in [0.15, 0.2) is 11.5 Å². The highest BCUT2D eigenvalue weighted by Crippen LogP contribution is 2.45. The number of fused-ring (bicyclic) bond motifs is 4. The molecule has 210 valence electrons. The van der Waals surface area contributed by atoms with Crippen molar-refractivity contribution in [1.29, 1.82) is 0 Å². The Hall–Kier alpha value is -4.25. The second-order valence-electron chi connectivity index (χ2n) is 10.7. The van der Waals surface area contributed by atoms with Crippen LogP contribution in [-0.4, -0.2) is 29.7 Å². The van der Waals surface area contributed by atoms with E-state index in [0.717, 1.165) is 31.4 Å². The average molecular weight is 547 g/mol. The van der Waals surface area contributed by atoms with Gasteiger partial charge in [-0.3, -0.25) is 4.79 Å². The van der Waals surface area contributed by atoms with Crippen LogP contribution in [0.1, 0.15) is 68.4 Å². The molecule has 0 radical (unpaired) electrons. The molecular formula is C36H38N2O3. The quantitative estimate of drug-likeness (QED) is 0.186. The van der Waals surface area contributed by atoms with Crippen molar-refractivity contribution in [2.24, 2.45) is 0 Å². The zero-order chi connectivity index (χ0) is 28.3. The van der Waals surface area contributed by atoms with E-state index in [9.17, 15) is 4.79 Å². The Labute approximate surface area is 242 Å². The summed E-state index contributed by atoms with van der Waals surface area (Å²) < 4.78 is 14.2. The van der Waals surface area contributed by atoms with Crippen molar-refractivity contribution >= 4 is 33.4 Å². The second kappa shape index (κ2) is 11.7. The van der Waals surface area contributed by atoms with Gasteiger partial charge < -0.3 is 18.9 Å². The van der Waals surface area contributed by atoms with Crippen molar-refractivity contribution < 1.29 is 14.3 Å². The van der Waals surface area contributed by atoms with Gasteiger partial charge in [0.05, 0.1) is 19.3 Å². The van der Waals surface area contributed by atoms with Crippen LogP contribution in [-0.2, 0) is 0 Å². The fourth-order valence-electron chi connectivity index (χ4n) is 6.49. The van der Waals surface area contributed by atoms with Gasteiger partial charge in [-0.1, -0.05) is 74.4 Å². The summed E-state index contributed by atoms with van der Waals surface area (Å²) in [5, 5.41) is 2.53. The first kappa shape index (κ1) is 26.9. The van der Waals surface area contributed by atoms with Crippen LogP contribution >= 0.6 is 0 Å². The number of carbonyl (C=O) groups excluding carboxylic acids is 1. The molecule has 1 amide bonds. The van der Waals surface area contributed by atoms with E-state index in [4.69, 9.17) is 9.47 Å². The molecule has 6 rings (SSSR count). The van der Waals surface area contributed by atoms with Crippen molar-refractivity contribution in [3.63, 3.8) is 0 Å². The highest BCUT2D eigenvalue weighted by Gasteiger charge is 2.38. The van der Waals surface area contributed by atoms with Crippen LogP contribution in [0.25, 0.3) is 21.8 Å². The molecule has 5 nitrogen and oxygen atoms in total. The summed E-state index contributed by atoms with van der Waals surface area (Å²) in [4.78, 5) is 16.5. The van der Waals surface area contributed by atoms with Crippen LogP contribution in [0.4, 0.5) is 5.69 Å². The van der Waals surface area contributed by atoms with Crippen LogP contribution in [0, 0.1) is 0 Å². The molecule has 5 heteroatoms. The predicted molar refractivity (Wildman–Crippen MR) is 168 cm³/mol. The zero-order valence-electron chi connectivity index (χ0n) is 24.2. The lowest BCUT2D eigenvalue weighted by Crippen LogP contribution is -2.46. The van der Waals surface area contributed by atoms with Crippen LogP contribution in [0.2, 0.25) is 0 Å². The number of para-hydroxylation sites is 3. The third-order valence-corrected chi connectivity index (χ3v) is 8.24. The number of benzene rings is 4. The minimum Gasteiger partial charge on any atom is -0.490 e. The molecule has 0 aliphatic carbocycles. The smallest absolute Gasteiger partial charge is 0.258 e. The lowest BCUT2D eigenvalue weighted by atomic mass is 9.87. The van der Waals surface area contributed by atoms with Crippen molar-refractivity contribution in [2.45, 2.75) is 58.5 Å². The second-order valence-corrected chi connectivity index (χ2v) is 10.7. The highest BCUT2D eigenvalue weighted by atomic mass is 16.5. The van der Waals surface area contributed by atoms with Gasteiger partial charge >= 0.3 is 0 Å². The number of rotatable bonds is 9. The van der Waals surface area contributed by atoms with Crippen LogP contribution < -0.4 is 14.4 Å². The molecule has 0 spiro atoms. The van der Waals surface area contributed by atoms with E-state index < -0.39 is 0 Å². The van der Waals surface area contributed by atoms with Crippen molar-refractivity contribution in [2.75, 3.05) is 18.1 Å². The normalized spacial score (nSPS) is 16.6. The zero-order valence-corrected chi connectivity index (χ0v) is 24.2. The molecule has 0 saturated carbocycles. The lowest BCUT2D eigenvalue weighted by Gasteiger charge is -2.42. The van der Waals surface area contributed by atoms with E-state index >= 15 is 0 Å². The van der Waals surface area contributed by atoms with E-state index in [0.29, 0.717) is 30.3 Å². The minimum atomic E-state index is 0.00299. The lowest BCUT2D eigenvalue weighted by molar-refractivity contribution is 0.0968. The maximum absolute atomic E-state index is 14.4. The Morgan fingerprint density at radius 3 is 2.10 bits per heavy atom. The average Bonchev–Trinajstić information content (AvgIpc) is 3.34. The van der Waals surface area contributed by atoms with Gasteiger partial charge in [0.1, 0.15) is 0 Å².